The van der Waals surface area contributed by atoms with Gasteiger partial charge in [0.15, 0.2) is 11.6 Å². The van der Waals surface area contributed by atoms with Gasteiger partial charge >= 0.3 is 0 Å². The van der Waals surface area contributed by atoms with Gasteiger partial charge in [-0.2, -0.15) is 0 Å². The normalized spacial score (nSPS) is 15.5. The number of fused-ring (bicyclic) bond motifs is 1. The molecule has 0 aromatic heterocycles. The fourth-order valence-electron chi connectivity index (χ4n) is 3.51. The Bertz CT molecular complexity index is 869. The molecular formula is C22H25FN2O3. The first-order valence-corrected chi connectivity index (χ1v) is 9.50. The van der Waals surface area contributed by atoms with E-state index in [2.05, 4.69) is 5.32 Å². The maximum absolute atomic E-state index is 13.9. The highest BCUT2D eigenvalue weighted by Gasteiger charge is 2.27. The molecule has 148 valence electrons. The van der Waals surface area contributed by atoms with Crippen LogP contribution in [0.4, 0.5) is 10.1 Å². The van der Waals surface area contributed by atoms with Crippen LogP contribution >= 0.6 is 0 Å². The number of carbonyl (C=O) groups is 2. The van der Waals surface area contributed by atoms with Crippen molar-refractivity contribution in [3.8, 4) is 5.75 Å². The summed E-state index contributed by atoms with van der Waals surface area (Å²) in [4.78, 5) is 26.6. The summed E-state index contributed by atoms with van der Waals surface area (Å²) < 4.78 is 18.8. The highest BCUT2D eigenvalue weighted by Crippen LogP contribution is 2.28. The lowest BCUT2D eigenvalue weighted by atomic mass is 9.89. The van der Waals surface area contributed by atoms with Gasteiger partial charge in [0, 0.05) is 31.1 Å². The van der Waals surface area contributed by atoms with Gasteiger partial charge in [-0.1, -0.05) is 24.3 Å². The molecule has 0 aliphatic carbocycles. The maximum Gasteiger partial charge on any atom is 0.227 e. The minimum atomic E-state index is -0.443. The van der Waals surface area contributed by atoms with Gasteiger partial charge in [-0.3, -0.25) is 9.59 Å². The number of nitrogens with one attached hydrogen (secondary N) is 1. The third-order valence-corrected chi connectivity index (χ3v) is 5.14. The summed E-state index contributed by atoms with van der Waals surface area (Å²) >= 11 is 0. The van der Waals surface area contributed by atoms with E-state index in [1.165, 1.54) is 13.2 Å². The van der Waals surface area contributed by atoms with E-state index in [-0.39, 0.29) is 29.9 Å². The number of carbonyl (C=O) groups excluding carboxylic acids is 2. The van der Waals surface area contributed by atoms with E-state index in [0.29, 0.717) is 31.5 Å². The zero-order valence-corrected chi connectivity index (χ0v) is 16.2. The molecule has 0 radical (unpaired) electrons. The molecule has 1 aliphatic heterocycles. The van der Waals surface area contributed by atoms with E-state index < -0.39 is 5.82 Å². The van der Waals surface area contributed by atoms with E-state index in [4.69, 9.17) is 4.74 Å². The molecule has 28 heavy (non-hydrogen) atoms. The smallest absolute Gasteiger partial charge is 0.227 e. The lowest BCUT2D eigenvalue weighted by molar-refractivity contribution is -0.132. The first-order valence-electron chi connectivity index (χ1n) is 9.50. The number of para-hydroxylation sites is 1. The maximum atomic E-state index is 13.9. The Morgan fingerprint density at radius 3 is 2.79 bits per heavy atom. The minimum absolute atomic E-state index is 0.0354. The number of halogens is 1. The van der Waals surface area contributed by atoms with Gasteiger partial charge < -0.3 is 15.0 Å². The quantitative estimate of drug-likeness (QED) is 0.790. The molecule has 3 rings (SSSR count). The molecule has 0 fully saturated rings. The molecule has 0 bridgehead atoms. The van der Waals surface area contributed by atoms with Crippen molar-refractivity contribution >= 4 is 17.5 Å². The highest BCUT2D eigenvalue weighted by molar-refractivity contribution is 5.96. The van der Waals surface area contributed by atoms with Crippen LogP contribution < -0.4 is 10.1 Å². The Balaban J connectivity index is 1.58. The standard InChI is InChI=1S/C22H25FN2O3/c1-3-25(14-15-8-10-20(28-2)18(23)12-15)21(26)11-9-17-13-16-6-4-5-7-19(16)24-22(17)27/h4-8,10,12,17H,3,9,11,13-14H2,1-2H3,(H,24,27). The average Bonchev–Trinajstić information content (AvgIpc) is 2.70. The van der Waals surface area contributed by atoms with Crippen molar-refractivity contribution in [1.29, 1.82) is 0 Å². The molecule has 1 unspecified atom stereocenters. The zero-order valence-electron chi connectivity index (χ0n) is 16.2. The number of rotatable bonds is 7. The van der Waals surface area contributed by atoms with Crippen molar-refractivity contribution in [2.45, 2.75) is 32.7 Å². The van der Waals surface area contributed by atoms with Crippen LogP contribution in [0.1, 0.15) is 30.9 Å². The molecule has 1 atom stereocenters. The Hall–Kier alpha value is -2.89. The second kappa shape index (κ2) is 8.87. The molecule has 2 amide bonds. The van der Waals surface area contributed by atoms with Crippen LogP contribution in [0, 0.1) is 11.7 Å². The SMILES string of the molecule is CCN(Cc1ccc(OC)c(F)c1)C(=O)CCC1Cc2ccccc2NC1=O. The van der Waals surface area contributed by atoms with Crippen molar-refractivity contribution in [2.75, 3.05) is 19.0 Å². The molecule has 6 heteroatoms. The number of benzene rings is 2. The van der Waals surface area contributed by atoms with Gasteiger partial charge in [-0.25, -0.2) is 4.39 Å². The van der Waals surface area contributed by atoms with Crippen molar-refractivity contribution in [3.05, 3.63) is 59.4 Å². The summed E-state index contributed by atoms with van der Waals surface area (Å²) in [6, 6.07) is 12.4. The summed E-state index contributed by atoms with van der Waals surface area (Å²) in [6.07, 6.45) is 1.42. The van der Waals surface area contributed by atoms with Crippen LogP contribution in [0.3, 0.4) is 0 Å². The molecule has 2 aromatic rings. The summed E-state index contributed by atoms with van der Waals surface area (Å²) in [5.74, 6) is -0.545. The Labute approximate surface area is 164 Å². The summed E-state index contributed by atoms with van der Waals surface area (Å²) in [5.41, 5.74) is 2.66. The van der Waals surface area contributed by atoms with Crippen LogP contribution in [0.15, 0.2) is 42.5 Å². The Morgan fingerprint density at radius 1 is 1.29 bits per heavy atom. The monoisotopic (exact) mass is 384 g/mol. The van der Waals surface area contributed by atoms with Crippen LogP contribution in [-0.2, 0) is 22.6 Å². The second-order valence-electron chi connectivity index (χ2n) is 6.96. The average molecular weight is 384 g/mol. The Kier molecular flexibility index (Phi) is 6.29. The third-order valence-electron chi connectivity index (χ3n) is 5.14. The van der Waals surface area contributed by atoms with E-state index >= 15 is 0 Å². The Morgan fingerprint density at radius 2 is 2.07 bits per heavy atom. The number of anilines is 1. The van der Waals surface area contributed by atoms with Crippen molar-refractivity contribution in [1.82, 2.24) is 4.90 Å². The first-order chi connectivity index (χ1) is 13.5. The largest absolute Gasteiger partial charge is 0.494 e. The minimum Gasteiger partial charge on any atom is -0.494 e. The molecule has 0 saturated heterocycles. The second-order valence-corrected chi connectivity index (χ2v) is 6.96. The van der Waals surface area contributed by atoms with Gasteiger partial charge in [-0.05, 0) is 49.1 Å². The lowest BCUT2D eigenvalue weighted by Crippen LogP contribution is -2.33. The van der Waals surface area contributed by atoms with E-state index in [0.717, 1.165) is 11.3 Å². The number of methoxy groups -OCH3 is 1. The highest BCUT2D eigenvalue weighted by atomic mass is 19.1. The molecule has 2 aromatic carbocycles. The van der Waals surface area contributed by atoms with E-state index in [1.54, 1.807) is 17.0 Å². The van der Waals surface area contributed by atoms with E-state index in [1.807, 2.05) is 31.2 Å². The summed E-state index contributed by atoms with van der Waals surface area (Å²) in [5, 5.41) is 2.92. The van der Waals surface area contributed by atoms with Gasteiger partial charge in [-0.15, -0.1) is 0 Å². The van der Waals surface area contributed by atoms with Gasteiger partial charge in [0.2, 0.25) is 11.8 Å². The lowest BCUT2D eigenvalue weighted by Gasteiger charge is -2.26. The van der Waals surface area contributed by atoms with Crippen LogP contribution in [0.5, 0.6) is 5.75 Å². The molecule has 1 N–H and O–H groups in total. The van der Waals surface area contributed by atoms with Gasteiger partial charge in [0.1, 0.15) is 0 Å². The summed E-state index contributed by atoms with van der Waals surface area (Å²) in [6.45, 7) is 2.74. The van der Waals surface area contributed by atoms with Crippen molar-refractivity contribution in [3.63, 3.8) is 0 Å². The van der Waals surface area contributed by atoms with Crippen molar-refractivity contribution in [2.24, 2.45) is 5.92 Å². The van der Waals surface area contributed by atoms with Gasteiger partial charge in [0.25, 0.3) is 0 Å². The topological polar surface area (TPSA) is 58.6 Å². The predicted molar refractivity (Wildman–Crippen MR) is 106 cm³/mol. The third kappa shape index (κ3) is 4.50. The van der Waals surface area contributed by atoms with Crippen LogP contribution in [-0.4, -0.2) is 30.4 Å². The number of hydrogen-bond donors (Lipinski definition) is 1. The molecular weight excluding hydrogens is 359 g/mol. The van der Waals surface area contributed by atoms with E-state index in [9.17, 15) is 14.0 Å². The van der Waals surface area contributed by atoms with Crippen LogP contribution in [0.25, 0.3) is 0 Å². The fraction of sp³-hybridized carbons (Fsp3) is 0.364. The summed E-state index contributed by atoms with van der Waals surface area (Å²) in [7, 11) is 1.42. The fourth-order valence-corrected chi connectivity index (χ4v) is 3.51. The number of hydrogen-bond acceptors (Lipinski definition) is 3. The number of ether oxygens (including phenoxy) is 1. The van der Waals surface area contributed by atoms with Gasteiger partial charge in [0.05, 0.1) is 7.11 Å². The molecule has 0 spiro atoms. The van der Waals surface area contributed by atoms with Crippen molar-refractivity contribution < 1.29 is 18.7 Å². The molecule has 1 aliphatic rings. The molecule has 1 heterocycles. The molecule has 5 nitrogen and oxygen atoms in total. The zero-order chi connectivity index (χ0) is 20.1. The van der Waals surface area contributed by atoms with Crippen LogP contribution in [0.2, 0.25) is 0 Å². The molecule has 0 saturated carbocycles. The number of nitrogens with zero attached hydrogens (tertiary/aromatic N) is 1. The predicted octanol–water partition coefficient (Wildman–Crippen LogP) is 3.77. The number of amides is 2. The first kappa shape index (κ1) is 19.9.